The van der Waals surface area contributed by atoms with Gasteiger partial charge >= 0.3 is 0 Å². The zero-order chi connectivity index (χ0) is 14.4. The van der Waals surface area contributed by atoms with Gasteiger partial charge in [-0.2, -0.15) is 0 Å². The van der Waals surface area contributed by atoms with Crippen molar-refractivity contribution in [1.29, 1.82) is 0 Å². The van der Waals surface area contributed by atoms with Crippen LogP contribution in [0.15, 0.2) is 34.9 Å². The Bertz CT molecular complexity index is 578. The molecule has 1 N–H and O–H groups in total. The normalized spacial score (nSPS) is 10.3. The summed E-state index contributed by atoms with van der Waals surface area (Å²) < 4.78 is 10.4. The van der Waals surface area contributed by atoms with E-state index < -0.39 is 0 Å². The number of rotatable bonds is 6. The number of ether oxygens (including phenoxy) is 1. The minimum absolute atomic E-state index is 0.0244. The standard InChI is InChI=1S/C15H18N2O3/c1-11-9-17-15(20-11)10-16-14(18)7-6-12-4-3-5-13(8-12)19-2/h3-5,8-9H,6-7,10H2,1-2H3,(H,16,18). The molecule has 106 valence electrons. The molecule has 0 unspecified atom stereocenters. The maximum absolute atomic E-state index is 11.7. The summed E-state index contributed by atoms with van der Waals surface area (Å²) in [7, 11) is 1.63. The highest BCUT2D eigenvalue weighted by Crippen LogP contribution is 2.13. The van der Waals surface area contributed by atoms with Crippen LogP contribution in [0.2, 0.25) is 0 Å². The zero-order valence-electron chi connectivity index (χ0n) is 11.7. The molecule has 1 aromatic heterocycles. The summed E-state index contributed by atoms with van der Waals surface area (Å²) in [6.07, 6.45) is 2.73. The number of aromatic nitrogens is 1. The number of nitrogens with zero attached hydrogens (tertiary/aromatic N) is 1. The first-order valence-electron chi connectivity index (χ1n) is 6.48. The molecule has 0 aliphatic heterocycles. The summed E-state index contributed by atoms with van der Waals surface area (Å²) in [5.41, 5.74) is 1.08. The minimum Gasteiger partial charge on any atom is -0.497 e. The molecule has 2 aromatic rings. The van der Waals surface area contributed by atoms with Gasteiger partial charge in [0.2, 0.25) is 11.8 Å². The van der Waals surface area contributed by atoms with Crippen molar-refractivity contribution in [3.63, 3.8) is 0 Å². The summed E-state index contributed by atoms with van der Waals surface area (Å²) in [6, 6.07) is 7.72. The van der Waals surface area contributed by atoms with Gasteiger partial charge in [-0.25, -0.2) is 4.98 Å². The number of hydrogen-bond acceptors (Lipinski definition) is 4. The van der Waals surface area contributed by atoms with Gasteiger partial charge in [0.25, 0.3) is 0 Å². The predicted molar refractivity (Wildman–Crippen MR) is 74.4 cm³/mol. The SMILES string of the molecule is COc1cccc(CCC(=O)NCc2ncc(C)o2)c1. The molecule has 1 heterocycles. The van der Waals surface area contributed by atoms with Crippen molar-refractivity contribution >= 4 is 5.91 Å². The fraction of sp³-hybridized carbons (Fsp3) is 0.333. The van der Waals surface area contributed by atoms with E-state index in [1.54, 1.807) is 13.3 Å². The second-order valence-corrected chi connectivity index (χ2v) is 4.49. The lowest BCUT2D eigenvalue weighted by Crippen LogP contribution is -2.23. The van der Waals surface area contributed by atoms with Crippen LogP contribution in [0.1, 0.15) is 23.6 Å². The molecule has 0 bridgehead atoms. The highest BCUT2D eigenvalue weighted by Gasteiger charge is 2.05. The molecule has 1 amide bonds. The Kier molecular flexibility index (Phi) is 4.76. The number of hydrogen-bond donors (Lipinski definition) is 1. The highest BCUT2D eigenvalue weighted by atomic mass is 16.5. The number of nitrogens with one attached hydrogen (secondary N) is 1. The largest absolute Gasteiger partial charge is 0.497 e. The third kappa shape index (κ3) is 4.12. The van der Waals surface area contributed by atoms with Crippen LogP contribution in [-0.4, -0.2) is 18.0 Å². The van der Waals surface area contributed by atoms with Crippen molar-refractivity contribution in [1.82, 2.24) is 10.3 Å². The summed E-state index contributed by atoms with van der Waals surface area (Å²) in [5.74, 6) is 2.05. The third-order valence-electron chi connectivity index (χ3n) is 2.88. The molecule has 0 saturated carbocycles. The Balaban J connectivity index is 1.77. The molecule has 0 spiro atoms. The van der Waals surface area contributed by atoms with Crippen molar-refractivity contribution in [2.45, 2.75) is 26.3 Å². The molecule has 0 fully saturated rings. The number of carbonyl (C=O) groups is 1. The maximum atomic E-state index is 11.7. The first-order valence-corrected chi connectivity index (χ1v) is 6.48. The van der Waals surface area contributed by atoms with Crippen LogP contribution in [0.4, 0.5) is 0 Å². The van der Waals surface area contributed by atoms with Gasteiger partial charge in [-0.05, 0) is 31.0 Å². The second kappa shape index (κ2) is 6.75. The first kappa shape index (κ1) is 14.1. The summed E-state index contributed by atoms with van der Waals surface area (Å²) in [5, 5.41) is 2.78. The number of carbonyl (C=O) groups excluding carboxylic acids is 1. The van der Waals surface area contributed by atoms with E-state index in [2.05, 4.69) is 10.3 Å². The first-order chi connectivity index (χ1) is 9.67. The van der Waals surface area contributed by atoms with E-state index >= 15 is 0 Å². The van der Waals surface area contributed by atoms with Gasteiger partial charge in [-0.3, -0.25) is 4.79 Å². The summed E-state index contributed by atoms with van der Waals surface area (Å²) in [4.78, 5) is 15.8. The fourth-order valence-electron chi connectivity index (χ4n) is 1.83. The number of aryl methyl sites for hydroxylation is 2. The quantitative estimate of drug-likeness (QED) is 0.877. The molecule has 0 aliphatic carbocycles. The van der Waals surface area contributed by atoms with Crippen LogP contribution in [0.5, 0.6) is 5.75 Å². The molecule has 5 heteroatoms. The van der Waals surface area contributed by atoms with Crippen LogP contribution in [0, 0.1) is 6.92 Å². The molecule has 2 rings (SSSR count). The van der Waals surface area contributed by atoms with Gasteiger partial charge in [0, 0.05) is 6.42 Å². The number of methoxy groups -OCH3 is 1. The smallest absolute Gasteiger partial charge is 0.220 e. The van der Waals surface area contributed by atoms with Gasteiger partial charge in [-0.1, -0.05) is 12.1 Å². The Morgan fingerprint density at radius 3 is 3.00 bits per heavy atom. The van der Waals surface area contributed by atoms with Crippen LogP contribution >= 0.6 is 0 Å². The van der Waals surface area contributed by atoms with Crippen molar-refractivity contribution in [2.24, 2.45) is 0 Å². The Morgan fingerprint density at radius 1 is 1.45 bits per heavy atom. The van der Waals surface area contributed by atoms with Crippen LogP contribution < -0.4 is 10.1 Å². The van der Waals surface area contributed by atoms with Gasteiger partial charge in [0.1, 0.15) is 11.5 Å². The highest BCUT2D eigenvalue weighted by molar-refractivity contribution is 5.76. The lowest BCUT2D eigenvalue weighted by Gasteiger charge is -2.05. The van der Waals surface area contributed by atoms with Crippen molar-refractivity contribution < 1.29 is 13.9 Å². The molecule has 20 heavy (non-hydrogen) atoms. The van der Waals surface area contributed by atoms with Crippen molar-refractivity contribution in [3.8, 4) is 5.75 Å². The zero-order valence-corrected chi connectivity index (χ0v) is 11.7. The molecule has 5 nitrogen and oxygen atoms in total. The molecule has 0 radical (unpaired) electrons. The van der Waals surface area contributed by atoms with Gasteiger partial charge < -0.3 is 14.5 Å². The maximum Gasteiger partial charge on any atom is 0.220 e. The third-order valence-corrected chi connectivity index (χ3v) is 2.88. The van der Waals surface area contributed by atoms with E-state index in [0.717, 1.165) is 17.1 Å². The van der Waals surface area contributed by atoms with E-state index in [1.165, 1.54) is 0 Å². The summed E-state index contributed by atoms with van der Waals surface area (Å²) in [6.45, 7) is 2.14. The van der Waals surface area contributed by atoms with Crippen LogP contribution in [0.25, 0.3) is 0 Å². The van der Waals surface area contributed by atoms with Crippen molar-refractivity contribution in [2.75, 3.05) is 7.11 Å². The van der Waals surface area contributed by atoms with E-state index in [4.69, 9.17) is 9.15 Å². The summed E-state index contributed by atoms with van der Waals surface area (Å²) >= 11 is 0. The Labute approximate surface area is 118 Å². The lowest BCUT2D eigenvalue weighted by molar-refractivity contribution is -0.121. The Morgan fingerprint density at radius 2 is 2.30 bits per heavy atom. The van der Waals surface area contributed by atoms with Gasteiger partial charge in [0.15, 0.2) is 0 Å². The van der Waals surface area contributed by atoms with E-state index in [0.29, 0.717) is 25.3 Å². The fourth-order valence-corrected chi connectivity index (χ4v) is 1.83. The van der Waals surface area contributed by atoms with Gasteiger partial charge in [-0.15, -0.1) is 0 Å². The molecule has 0 saturated heterocycles. The lowest BCUT2D eigenvalue weighted by atomic mass is 10.1. The van der Waals surface area contributed by atoms with E-state index in [1.807, 2.05) is 31.2 Å². The molecular formula is C15H18N2O3. The van der Waals surface area contributed by atoms with Crippen LogP contribution in [-0.2, 0) is 17.8 Å². The monoisotopic (exact) mass is 274 g/mol. The van der Waals surface area contributed by atoms with E-state index in [-0.39, 0.29) is 5.91 Å². The molecule has 0 aliphatic rings. The number of oxazole rings is 1. The molecule has 0 atom stereocenters. The van der Waals surface area contributed by atoms with Gasteiger partial charge in [0.05, 0.1) is 19.9 Å². The minimum atomic E-state index is -0.0244. The number of benzene rings is 1. The van der Waals surface area contributed by atoms with Crippen molar-refractivity contribution in [3.05, 3.63) is 47.7 Å². The Hall–Kier alpha value is -2.30. The predicted octanol–water partition coefficient (Wildman–Crippen LogP) is 2.24. The average Bonchev–Trinajstić information content (AvgIpc) is 2.89. The van der Waals surface area contributed by atoms with Crippen LogP contribution in [0.3, 0.4) is 0 Å². The van der Waals surface area contributed by atoms with E-state index in [9.17, 15) is 4.79 Å². The molecule has 1 aromatic carbocycles. The molecular weight excluding hydrogens is 256 g/mol. The average molecular weight is 274 g/mol. The topological polar surface area (TPSA) is 64.4 Å². The number of amides is 1. The second-order valence-electron chi connectivity index (χ2n) is 4.49.